The van der Waals surface area contributed by atoms with Crippen molar-refractivity contribution in [2.75, 3.05) is 6.61 Å². The first kappa shape index (κ1) is 34.5. The zero-order valence-corrected chi connectivity index (χ0v) is 24.7. The molecule has 20 heteroatoms. The Bertz CT molecular complexity index is 1790. The highest BCUT2D eigenvalue weighted by atomic mass is 32.3. The molecule has 2 aromatic carbocycles. The van der Waals surface area contributed by atoms with Crippen LogP contribution in [-0.2, 0) is 24.6 Å². The summed E-state index contributed by atoms with van der Waals surface area (Å²) in [6, 6.07) is 4.53. The molecule has 19 nitrogen and oxygen atoms in total. The van der Waals surface area contributed by atoms with Crippen molar-refractivity contribution in [2.45, 2.75) is 68.3 Å². The van der Waals surface area contributed by atoms with E-state index in [-0.39, 0.29) is 5.56 Å². The Hall–Kier alpha value is -3.80. The van der Waals surface area contributed by atoms with Gasteiger partial charge in [-0.15, -0.1) is 0 Å². The van der Waals surface area contributed by atoms with Crippen molar-refractivity contribution >= 4 is 21.4 Å². The van der Waals surface area contributed by atoms with Crippen molar-refractivity contribution in [1.29, 1.82) is 0 Å². The highest BCUT2D eigenvalue weighted by Crippen LogP contribution is 2.40. The summed E-state index contributed by atoms with van der Waals surface area (Å²) in [5.74, 6) is -4.43. The molecule has 0 bridgehead atoms. The van der Waals surface area contributed by atoms with Gasteiger partial charge in [0.25, 0.3) is 10.4 Å². The van der Waals surface area contributed by atoms with Gasteiger partial charge in [0.1, 0.15) is 59.4 Å². The number of fused-ring (bicyclic) bond motifs is 1. The summed E-state index contributed by atoms with van der Waals surface area (Å²) < 4.78 is 66.1. The maximum absolute atomic E-state index is 13.8. The fourth-order valence-electron chi connectivity index (χ4n) is 5.00. The Morgan fingerprint density at radius 2 is 1.49 bits per heavy atom. The van der Waals surface area contributed by atoms with Crippen LogP contribution in [0.15, 0.2) is 39.5 Å². The van der Waals surface area contributed by atoms with Crippen LogP contribution in [0.1, 0.15) is 6.92 Å². The van der Waals surface area contributed by atoms with Crippen LogP contribution in [0.2, 0.25) is 0 Å². The lowest BCUT2D eigenvalue weighted by Crippen LogP contribution is -2.61. The number of aliphatic hydroxyl groups excluding tert-OH is 6. The minimum absolute atomic E-state index is 0.166. The first-order valence-corrected chi connectivity index (χ1v) is 15.0. The van der Waals surface area contributed by atoms with Crippen molar-refractivity contribution in [1.82, 2.24) is 0 Å². The van der Waals surface area contributed by atoms with E-state index in [2.05, 4.69) is 4.18 Å². The van der Waals surface area contributed by atoms with Crippen LogP contribution in [0, 0.1) is 0 Å². The van der Waals surface area contributed by atoms with Gasteiger partial charge in [-0.3, -0.25) is 4.79 Å². The third kappa shape index (κ3) is 6.93. The van der Waals surface area contributed by atoms with E-state index in [1.54, 1.807) is 0 Å². The van der Waals surface area contributed by atoms with Crippen molar-refractivity contribution in [3.63, 3.8) is 0 Å². The molecule has 0 amide bonds. The molecule has 3 heterocycles. The quantitative estimate of drug-likeness (QED) is 0.0667. The molecule has 2 saturated heterocycles. The lowest BCUT2D eigenvalue weighted by atomic mass is 9.98. The van der Waals surface area contributed by atoms with Gasteiger partial charge in [-0.25, -0.2) is 8.42 Å². The molecule has 1 aromatic heterocycles. The van der Waals surface area contributed by atoms with Gasteiger partial charge < -0.3 is 78.1 Å². The summed E-state index contributed by atoms with van der Waals surface area (Å²) in [7, 11) is -5.51. The molecular formula is C27H29O19S-. The number of aromatic hydroxyl groups is 3. The van der Waals surface area contributed by atoms with Gasteiger partial charge in [-0.1, -0.05) is 0 Å². The van der Waals surface area contributed by atoms with Crippen LogP contribution >= 0.6 is 0 Å². The highest BCUT2D eigenvalue weighted by Gasteiger charge is 2.48. The molecule has 9 N–H and O–H groups in total. The van der Waals surface area contributed by atoms with Gasteiger partial charge in [-0.05, 0) is 25.1 Å². The van der Waals surface area contributed by atoms with E-state index in [1.165, 1.54) is 6.92 Å². The van der Waals surface area contributed by atoms with E-state index in [4.69, 9.17) is 23.4 Å². The molecule has 0 saturated carbocycles. The second-order valence-electron chi connectivity index (χ2n) is 10.7. The van der Waals surface area contributed by atoms with Gasteiger partial charge in [0.15, 0.2) is 29.3 Å². The zero-order chi connectivity index (χ0) is 34.5. The summed E-state index contributed by atoms with van der Waals surface area (Å²) in [6.07, 6.45) is -17.0. The molecule has 5 rings (SSSR count). The maximum Gasteiger partial charge on any atom is 0.262 e. The lowest BCUT2D eigenvalue weighted by molar-refractivity contribution is -0.318. The molecular weight excluding hydrogens is 660 g/mol. The number of rotatable bonds is 8. The normalized spacial score (nSPS) is 31.5. The smallest absolute Gasteiger partial charge is 0.262 e. The van der Waals surface area contributed by atoms with Gasteiger partial charge in [0.2, 0.25) is 17.5 Å². The SMILES string of the molecule is C[C@@H]1O[C@@H](OC[C@H]2O[C@@H](Oc3c(-c4ccc(O)c(O)c4)oc4cc(O)cc(OS(=O)(=O)[O-])c4c3=O)[C@H](O)[C@@H](O)[C@@H]2O)[C@H](O)[C@H](O)[C@H]1O. The van der Waals surface area contributed by atoms with Gasteiger partial charge in [-0.2, -0.15) is 0 Å². The minimum Gasteiger partial charge on any atom is -0.716 e. The molecule has 3 aromatic rings. The van der Waals surface area contributed by atoms with E-state index in [0.717, 1.165) is 24.3 Å². The molecule has 2 fully saturated rings. The Morgan fingerprint density at radius 1 is 0.830 bits per heavy atom. The topological polar surface area (TPSA) is 316 Å². The van der Waals surface area contributed by atoms with E-state index >= 15 is 0 Å². The average molecular weight is 690 g/mol. The number of hydrogen-bond acceptors (Lipinski definition) is 19. The maximum atomic E-state index is 13.8. The molecule has 2 aliphatic heterocycles. The molecule has 258 valence electrons. The van der Waals surface area contributed by atoms with Crippen LogP contribution in [0.4, 0.5) is 0 Å². The predicted molar refractivity (Wildman–Crippen MR) is 149 cm³/mol. The van der Waals surface area contributed by atoms with E-state index in [0.29, 0.717) is 6.07 Å². The molecule has 47 heavy (non-hydrogen) atoms. The average Bonchev–Trinajstić information content (AvgIpc) is 2.99. The number of ether oxygens (including phenoxy) is 4. The highest BCUT2D eigenvalue weighted by molar-refractivity contribution is 7.81. The number of benzene rings is 2. The zero-order valence-electron chi connectivity index (χ0n) is 23.9. The molecule has 0 aliphatic carbocycles. The molecule has 0 unspecified atom stereocenters. The first-order chi connectivity index (χ1) is 22.0. The Labute approximate surface area is 263 Å². The standard InChI is InChI=1S/C27H30O19S/c1-8-17(31)20(34)22(36)26(42-8)41-7-15-18(32)21(35)23(37)27(44-15)45-25-19(33)16-13(5-10(28)6-14(16)46-47(38,39)40)43-24(25)9-2-3-11(29)12(30)4-9/h2-6,8,15,17-18,20-23,26-32,34-37H,7H2,1H3,(H,38,39,40)/p-1/t8-,15+,17-,18+,20+,21-,22+,23+,26+,27-/m0/s1. The van der Waals surface area contributed by atoms with E-state index in [9.17, 15) is 63.7 Å². The summed E-state index contributed by atoms with van der Waals surface area (Å²) >= 11 is 0. The molecule has 0 radical (unpaired) electrons. The lowest BCUT2D eigenvalue weighted by Gasteiger charge is -2.42. The number of aliphatic hydroxyl groups is 6. The molecule has 0 spiro atoms. The van der Waals surface area contributed by atoms with Crippen molar-refractivity contribution in [3.8, 4) is 40.1 Å². The second-order valence-corrected chi connectivity index (χ2v) is 11.7. The molecule has 10 atom stereocenters. The van der Waals surface area contributed by atoms with Crippen LogP contribution < -0.4 is 14.3 Å². The van der Waals surface area contributed by atoms with E-state index in [1.807, 2.05) is 0 Å². The summed E-state index contributed by atoms with van der Waals surface area (Å²) in [4.78, 5) is 13.8. The minimum atomic E-state index is -5.51. The second kappa shape index (κ2) is 13.0. The van der Waals surface area contributed by atoms with Crippen LogP contribution in [0.25, 0.3) is 22.3 Å². The Kier molecular flexibility index (Phi) is 9.56. The number of phenolic OH excluding ortho intramolecular Hbond substituents is 3. The van der Waals surface area contributed by atoms with Crippen LogP contribution in [0.5, 0.6) is 28.7 Å². The first-order valence-electron chi connectivity index (χ1n) is 13.7. The Balaban J connectivity index is 1.54. The number of hydrogen-bond donors (Lipinski definition) is 9. The van der Waals surface area contributed by atoms with Crippen molar-refractivity contribution in [3.05, 3.63) is 40.6 Å². The van der Waals surface area contributed by atoms with Gasteiger partial charge in [0, 0.05) is 17.7 Å². The summed E-state index contributed by atoms with van der Waals surface area (Å²) in [6.45, 7) is 0.697. The summed E-state index contributed by atoms with van der Waals surface area (Å²) in [5, 5.41) is 91.2. The van der Waals surface area contributed by atoms with Crippen molar-refractivity contribution < 1.29 is 86.5 Å². The third-order valence-corrected chi connectivity index (χ3v) is 7.85. The Morgan fingerprint density at radius 3 is 2.15 bits per heavy atom. The largest absolute Gasteiger partial charge is 0.716 e. The third-order valence-electron chi connectivity index (χ3n) is 7.47. The van der Waals surface area contributed by atoms with E-state index < -0.39 is 129 Å². The summed E-state index contributed by atoms with van der Waals surface area (Å²) in [5.41, 5.74) is -2.00. The van der Waals surface area contributed by atoms with Crippen LogP contribution in [0.3, 0.4) is 0 Å². The van der Waals surface area contributed by atoms with Gasteiger partial charge >= 0.3 is 0 Å². The fraction of sp³-hybridized carbons (Fsp3) is 0.444. The molecule has 2 aliphatic rings. The van der Waals surface area contributed by atoms with Gasteiger partial charge in [0.05, 0.1) is 12.7 Å². The predicted octanol–water partition coefficient (Wildman–Crippen LogP) is -2.55. The van der Waals surface area contributed by atoms with Crippen LogP contribution in [-0.4, -0.2) is 127 Å². The monoisotopic (exact) mass is 689 g/mol. The number of phenols is 3. The van der Waals surface area contributed by atoms with Crippen molar-refractivity contribution in [2.24, 2.45) is 0 Å². The fourth-order valence-corrected chi connectivity index (χ4v) is 5.35.